The average Bonchev–Trinajstić information content (AvgIpc) is 3.53. The molecule has 1 atom stereocenters. The van der Waals surface area contributed by atoms with E-state index in [1.807, 2.05) is 24.3 Å². The van der Waals surface area contributed by atoms with Crippen LogP contribution in [0.2, 0.25) is 0 Å². The number of hydrogen-bond donors (Lipinski definition) is 1. The first-order valence-electron chi connectivity index (χ1n) is 12.7. The largest absolute Gasteiger partial charge is 0.497 e. The number of anilines is 1. The minimum atomic E-state index is -0.421. The lowest BCUT2D eigenvalue weighted by atomic mass is 10.1. The summed E-state index contributed by atoms with van der Waals surface area (Å²) in [5.41, 5.74) is 0.885. The Balaban J connectivity index is 1.42. The maximum absolute atomic E-state index is 12.9. The minimum absolute atomic E-state index is 0.0925. The van der Waals surface area contributed by atoms with Crippen molar-refractivity contribution in [2.75, 3.05) is 19.0 Å². The van der Waals surface area contributed by atoms with Gasteiger partial charge >= 0.3 is 0 Å². The normalized spacial score (nSPS) is 15.5. The Bertz CT molecular complexity index is 917. The number of aromatic nitrogens is 2. The van der Waals surface area contributed by atoms with Gasteiger partial charge in [-0.25, -0.2) is 0 Å². The highest BCUT2D eigenvalue weighted by Gasteiger charge is 2.34. The first-order valence-corrected chi connectivity index (χ1v) is 13.5. The smallest absolute Gasteiger partial charge is 0.249 e. The van der Waals surface area contributed by atoms with Crippen molar-refractivity contribution in [1.82, 2.24) is 15.1 Å². The van der Waals surface area contributed by atoms with Crippen LogP contribution in [0.3, 0.4) is 0 Å². The van der Waals surface area contributed by atoms with Crippen LogP contribution < -0.4 is 10.1 Å². The second-order valence-electron chi connectivity index (χ2n) is 8.96. The van der Waals surface area contributed by atoms with Gasteiger partial charge in [-0.15, -0.1) is 10.2 Å². The monoisotopic (exact) mass is 486 g/mol. The van der Waals surface area contributed by atoms with E-state index in [-0.39, 0.29) is 11.8 Å². The number of carbonyl (C=O) groups is 2. The van der Waals surface area contributed by atoms with Gasteiger partial charge in [0.05, 0.1) is 7.11 Å². The molecule has 8 heteroatoms. The van der Waals surface area contributed by atoms with Crippen molar-refractivity contribution in [2.45, 2.75) is 90.0 Å². The number of unbranched alkanes of at least 4 members (excludes halogenated alkanes) is 8. The number of ether oxygens (including phenoxy) is 1. The quantitative estimate of drug-likeness (QED) is 0.328. The number of carbonyl (C=O) groups excluding carboxylic acids is 2. The summed E-state index contributed by atoms with van der Waals surface area (Å²) in [4.78, 5) is 27.4. The Kier molecular flexibility index (Phi) is 10.8. The van der Waals surface area contributed by atoms with E-state index in [0.29, 0.717) is 29.5 Å². The van der Waals surface area contributed by atoms with Gasteiger partial charge < -0.3 is 9.64 Å². The standard InChI is InChI=1S/C26H38N4O3S/c1-3-4-5-6-7-8-9-10-11-17-23(31)30-18-13-16-22(30)24(32)27-26-29-28-25(34-26)20-14-12-15-21(19-20)33-2/h12,14-15,19,22H,3-11,13,16-18H2,1-2H3,(H,27,29,32)/t22-/m0/s1. The molecule has 2 heterocycles. The van der Waals surface area contributed by atoms with E-state index >= 15 is 0 Å². The van der Waals surface area contributed by atoms with E-state index in [4.69, 9.17) is 4.74 Å². The van der Waals surface area contributed by atoms with Gasteiger partial charge in [-0.3, -0.25) is 14.9 Å². The predicted molar refractivity (Wildman–Crippen MR) is 137 cm³/mol. The summed E-state index contributed by atoms with van der Waals surface area (Å²) in [6, 6.07) is 7.15. The third-order valence-electron chi connectivity index (χ3n) is 6.34. The molecule has 7 nitrogen and oxygen atoms in total. The third-order valence-corrected chi connectivity index (χ3v) is 7.23. The lowest BCUT2D eigenvalue weighted by Crippen LogP contribution is -2.43. The van der Waals surface area contributed by atoms with Crippen molar-refractivity contribution in [2.24, 2.45) is 0 Å². The molecule has 3 rings (SSSR count). The first kappa shape index (κ1) is 26.1. The molecule has 0 aliphatic carbocycles. The molecule has 0 radical (unpaired) electrons. The van der Waals surface area contributed by atoms with Gasteiger partial charge in [0.2, 0.25) is 16.9 Å². The van der Waals surface area contributed by atoms with Crippen molar-refractivity contribution in [3.63, 3.8) is 0 Å². The zero-order chi connectivity index (χ0) is 24.2. The number of nitrogens with one attached hydrogen (secondary N) is 1. The highest BCUT2D eigenvalue weighted by molar-refractivity contribution is 7.18. The molecule has 2 aromatic rings. The summed E-state index contributed by atoms with van der Waals surface area (Å²) in [7, 11) is 1.62. The molecule has 1 fully saturated rings. The highest BCUT2D eigenvalue weighted by atomic mass is 32.1. The molecule has 0 bridgehead atoms. The highest BCUT2D eigenvalue weighted by Crippen LogP contribution is 2.29. The topological polar surface area (TPSA) is 84.4 Å². The number of nitrogens with zero attached hydrogens (tertiary/aromatic N) is 3. The zero-order valence-corrected chi connectivity index (χ0v) is 21.4. The van der Waals surface area contributed by atoms with E-state index in [1.54, 1.807) is 12.0 Å². The fourth-order valence-electron chi connectivity index (χ4n) is 4.40. The van der Waals surface area contributed by atoms with Crippen LogP contribution in [-0.4, -0.2) is 46.6 Å². The van der Waals surface area contributed by atoms with Crippen molar-refractivity contribution in [3.8, 4) is 16.3 Å². The Labute approximate surface area is 207 Å². The lowest BCUT2D eigenvalue weighted by Gasteiger charge is -2.23. The van der Waals surface area contributed by atoms with Gasteiger partial charge in [-0.05, 0) is 31.4 Å². The summed E-state index contributed by atoms with van der Waals surface area (Å²) < 4.78 is 5.26. The summed E-state index contributed by atoms with van der Waals surface area (Å²) >= 11 is 1.32. The summed E-state index contributed by atoms with van der Waals surface area (Å²) in [6.07, 6.45) is 13.1. The van der Waals surface area contributed by atoms with Gasteiger partial charge in [0.25, 0.3) is 0 Å². The lowest BCUT2D eigenvalue weighted by molar-refractivity contribution is -0.136. The molecular formula is C26H38N4O3S. The number of likely N-dealkylation sites (tertiary alicyclic amines) is 1. The number of rotatable bonds is 14. The van der Waals surface area contributed by atoms with Gasteiger partial charge in [0, 0.05) is 18.5 Å². The maximum atomic E-state index is 12.9. The van der Waals surface area contributed by atoms with Crippen LogP contribution in [0.5, 0.6) is 5.75 Å². The van der Waals surface area contributed by atoms with E-state index in [1.165, 1.54) is 56.3 Å². The number of amides is 2. The molecule has 2 amide bonds. The van der Waals surface area contributed by atoms with E-state index in [2.05, 4.69) is 22.4 Å². The van der Waals surface area contributed by atoms with Crippen molar-refractivity contribution >= 4 is 28.3 Å². The molecule has 1 aliphatic rings. The van der Waals surface area contributed by atoms with Crippen LogP contribution in [0.4, 0.5) is 5.13 Å². The molecular weight excluding hydrogens is 448 g/mol. The number of hydrogen-bond acceptors (Lipinski definition) is 6. The zero-order valence-electron chi connectivity index (χ0n) is 20.6. The molecule has 1 aliphatic heterocycles. The molecule has 0 saturated carbocycles. The summed E-state index contributed by atoms with van der Waals surface area (Å²) in [5, 5.41) is 12.3. The van der Waals surface area contributed by atoms with Crippen molar-refractivity contribution < 1.29 is 14.3 Å². The Hall–Kier alpha value is -2.48. The van der Waals surface area contributed by atoms with E-state index < -0.39 is 6.04 Å². The summed E-state index contributed by atoms with van der Waals surface area (Å²) in [6.45, 7) is 2.89. The SMILES string of the molecule is CCCCCCCCCCCC(=O)N1CCC[C@H]1C(=O)Nc1nnc(-c2cccc(OC)c2)s1. The Morgan fingerprint density at radius 1 is 1.09 bits per heavy atom. The number of benzene rings is 1. The van der Waals surface area contributed by atoms with E-state index in [0.717, 1.165) is 30.6 Å². The average molecular weight is 487 g/mol. The Morgan fingerprint density at radius 3 is 2.56 bits per heavy atom. The van der Waals surface area contributed by atoms with Gasteiger partial charge in [-0.1, -0.05) is 81.8 Å². The summed E-state index contributed by atoms with van der Waals surface area (Å²) in [5.74, 6) is 0.659. The van der Waals surface area contributed by atoms with Crippen LogP contribution in [0.1, 0.15) is 84.0 Å². The molecule has 186 valence electrons. The van der Waals surface area contributed by atoms with Crippen LogP contribution in [0, 0.1) is 0 Å². The maximum Gasteiger partial charge on any atom is 0.249 e. The minimum Gasteiger partial charge on any atom is -0.497 e. The van der Waals surface area contributed by atoms with Crippen molar-refractivity contribution in [1.29, 1.82) is 0 Å². The number of methoxy groups -OCH3 is 1. The van der Waals surface area contributed by atoms with Crippen LogP contribution >= 0.6 is 11.3 Å². The van der Waals surface area contributed by atoms with Gasteiger partial charge in [-0.2, -0.15) is 0 Å². The molecule has 0 spiro atoms. The predicted octanol–water partition coefficient (Wildman–Crippen LogP) is 6.06. The van der Waals surface area contributed by atoms with E-state index in [9.17, 15) is 9.59 Å². The molecule has 1 N–H and O–H groups in total. The second kappa shape index (κ2) is 14.0. The fourth-order valence-corrected chi connectivity index (χ4v) is 5.15. The fraction of sp³-hybridized carbons (Fsp3) is 0.615. The molecule has 1 saturated heterocycles. The van der Waals surface area contributed by atoms with Crippen molar-refractivity contribution in [3.05, 3.63) is 24.3 Å². The van der Waals surface area contributed by atoms with Crippen LogP contribution in [-0.2, 0) is 9.59 Å². The molecule has 34 heavy (non-hydrogen) atoms. The molecule has 1 aromatic carbocycles. The first-order chi connectivity index (χ1) is 16.6. The van der Waals surface area contributed by atoms with Crippen LogP contribution in [0.15, 0.2) is 24.3 Å². The van der Waals surface area contributed by atoms with Gasteiger partial charge in [0.15, 0.2) is 0 Å². The third kappa shape index (κ3) is 7.79. The second-order valence-corrected chi connectivity index (χ2v) is 9.93. The van der Waals surface area contributed by atoms with Crippen LogP contribution in [0.25, 0.3) is 10.6 Å². The molecule has 0 unspecified atom stereocenters. The Morgan fingerprint density at radius 2 is 1.82 bits per heavy atom. The molecule has 1 aromatic heterocycles. The van der Waals surface area contributed by atoms with Gasteiger partial charge in [0.1, 0.15) is 16.8 Å².